The molecule has 1 rings (SSSR count). The lowest BCUT2D eigenvalue weighted by Gasteiger charge is -1.92. The molecule has 1 aromatic heterocycles. The van der Waals surface area contributed by atoms with E-state index in [1.165, 1.54) is 9.79 Å². The molecule has 0 atom stereocenters. The van der Waals surface area contributed by atoms with Crippen LogP contribution in [0.3, 0.4) is 0 Å². The molecule has 0 aliphatic carbocycles. The monoisotopic (exact) mass is 176 g/mol. The molecule has 0 aliphatic heterocycles. The smallest absolute Gasteiger partial charge is 0.0312 e. The Hall–Kier alpha value is 0.400. The quantitative estimate of drug-likeness (QED) is 0.635. The van der Waals surface area contributed by atoms with Crippen LogP contribution in [0.5, 0.6) is 0 Å². The van der Waals surface area contributed by atoms with Crippen molar-refractivity contribution in [2.75, 3.05) is 12.5 Å². The predicted molar refractivity (Wildman–Crippen MR) is 47.9 cm³/mol. The van der Waals surface area contributed by atoms with Crippen molar-refractivity contribution in [1.82, 2.24) is 0 Å². The summed E-state index contributed by atoms with van der Waals surface area (Å²) in [5.41, 5.74) is 0. The summed E-state index contributed by atoms with van der Waals surface area (Å²) in [6.07, 6.45) is 4.23. The zero-order valence-corrected chi connectivity index (χ0v) is 7.83. The first-order valence-corrected chi connectivity index (χ1v) is 5.92. The van der Waals surface area contributed by atoms with Gasteiger partial charge in [0, 0.05) is 20.6 Å². The minimum Gasteiger partial charge on any atom is -0.150 e. The molecule has 3 heteroatoms. The highest BCUT2D eigenvalue weighted by molar-refractivity contribution is 8.01. The summed E-state index contributed by atoms with van der Waals surface area (Å²) in [5, 5.41) is 4.38. The molecule has 0 bridgehead atoms. The van der Waals surface area contributed by atoms with Crippen molar-refractivity contribution in [2.24, 2.45) is 0 Å². The van der Waals surface area contributed by atoms with E-state index in [4.69, 9.17) is 0 Å². The molecule has 1 heterocycles. The van der Waals surface area contributed by atoms with E-state index in [2.05, 4.69) is 23.3 Å². The van der Waals surface area contributed by atoms with Crippen LogP contribution in [0, 0.1) is 0 Å². The lowest BCUT2D eigenvalue weighted by atomic mass is 10.7. The number of rotatable bonds is 2. The van der Waals surface area contributed by atoms with Crippen LogP contribution in [0.4, 0.5) is 0 Å². The molecule has 0 saturated carbocycles. The fraction of sp³-hybridized carbons (Fsp3) is 0.333. The van der Waals surface area contributed by atoms with Crippen LogP contribution >= 0.6 is 34.9 Å². The number of hydrogen-bond acceptors (Lipinski definition) is 3. The van der Waals surface area contributed by atoms with E-state index in [1.54, 1.807) is 11.3 Å². The normalized spacial score (nSPS) is 10.0. The van der Waals surface area contributed by atoms with E-state index >= 15 is 0 Å². The summed E-state index contributed by atoms with van der Waals surface area (Å²) < 4.78 is 0. The summed E-state index contributed by atoms with van der Waals surface area (Å²) in [4.78, 5) is 2.82. The van der Waals surface area contributed by atoms with Gasteiger partial charge in [0.2, 0.25) is 0 Å². The lowest BCUT2D eigenvalue weighted by Crippen LogP contribution is -1.63. The van der Waals surface area contributed by atoms with E-state index in [0.29, 0.717) is 0 Å². The molecule has 0 nitrogen and oxygen atoms in total. The third-order valence-corrected chi connectivity index (χ3v) is 3.76. The highest BCUT2D eigenvalue weighted by atomic mass is 32.2. The Morgan fingerprint density at radius 3 is 1.89 bits per heavy atom. The van der Waals surface area contributed by atoms with Gasteiger partial charge in [-0.3, -0.25) is 0 Å². The molecule has 0 N–H and O–H groups in total. The molecule has 0 aliphatic rings. The van der Waals surface area contributed by atoms with Gasteiger partial charge in [0.15, 0.2) is 0 Å². The average Bonchev–Trinajstić information content (AvgIpc) is 2.33. The van der Waals surface area contributed by atoms with Crippen molar-refractivity contribution in [3.05, 3.63) is 10.8 Å². The van der Waals surface area contributed by atoms with Gasteiger partial charge in [0.05, 0.1) is 0 Å². The minimum absolute atomic E-state index is 1.41. The van der Waals surface area contributed by atoms with Crippen LogP contribution in [0.15, 0.2) is 20.6 Å². The average molecular weight is 176 g/mol. The van der Waals surface area contributed by atoms with Gasteiger partial charge in [-0.25, -0.2) is 0 Å². The van der Waals surface area contributed by atoms with Crippen molar-refractivity contribution in [3.8, 4) is 0 Å². The minimum atomic E-state index is 1.41. The summed E-state index contributed by atoms with van der Waals surface area (Å²) in [6, 6.07) is 0. The summed E-state index contributed by atoms with van der Waals surface area (Å²) >= 11 is 5.41. The van der Waals surface area contributed by atoms with Gasteiger partial charge < -0.3 is 0 Å². The third-order valence-electron chi connectivity index (χ3n) is 1.03. The Bertz CT molecular complexity index is 162. The van der Waals surface area contributed by atoms with Crippen LogP contribution in [0.1, 0.15) is 0 Å². The van der Waals surface area contributed by atoms with Gasteiger partial charge >= 0.3 is 0 Å². The number of hydrogen-bond donors (Lipinski definition) is 0. The predicted octanol–water partition coefficient (Wildman–Crippen LogP) is 3.19. The van der Waals surface area contributed by atoms with Gasteiger partial charge in [-0.15, -0.1) is 23.5 Å². The second kappa shape index (κ2) is 3.54. The van der Waals surface area contributed by atoms with E-state index in [-0.39, 0.29) is 0 Å². The third kappa shape index (κ3) is 1.66. The first-order chi connectivity index (χ1) is 4.38. The van der Waals surface area contributed by atoms with Crippen LogP contribution in [-0.4, -0.2) is 12.5 Å². The van der Waals surface area contributed by atoms with Crippen molar-refractivity contribution in [3.63, 3.8) is 0 Å². The molecule has 0 aromatic carbocycles. The van der Waals surface area contributed by atoms with Gasteiger partial charge in [-0.2, -0.15) is 11.3 Å². The molecule has 50 valence electrons. The largest absolute Gasteiger partial charge is 0.150 e. The molecular formula is C6H8S3. The Morgan fingerprint density at radius 2 is 1.56 bits per heavy atom. The Kier molecular flexibility index (Phi) is 2.95. The van der Waals surface area contributed by atoms with E-state index in [1.807, 2.05) is 23.5 Å². The standard InChI is InChI=1S/C6H8S3/c1-7-5-3-9-4-6(5)8-2/h3-4H,1-2H3. The van der Waals surface area contributed by atoms with Crippen LogP contribution in [0.2, 0.25) is 0 Å². The highest BCUT2D eigenvalue weighted by Crippen LogP contribution is 2.30. The zero-order chi connectivity index (χ0) is 6.69. The van der Waals surface area contributed by atoms with Gasteiger partial charge in [-0.05, 0) is 12.5 Å². The topological polar surface area (TPSA) is 0 Å². The summed E-state index contributed by atoms with van der Waals surface area (Å²) in [6.45, 7) is 0. The Balaban J connectivity index is 2.85. The van der Waals surface area contributed by atoms with Crippen LogP contribution < -0.4 is 0 Å². The number of thioether (sulfide) groups is 2. The van der Waals surface area contributed by atoms with Crippen molar-refractivity contribution in [2.45, 2.75) is 9.79 Å². The first-order valence-electron chi connectivity index (χ1n) is 2.52. The van der Waals surface area contributed by atoms with Gasteiger partial charge in [0.25, 0.3) is 0 Å². The number of thiophene rings is 1. The lowest BCUT2D eigenvalue weighted by molar-refractivity contribution is 1.34. The highest BCUT2D eigenvalue weighted by Gasteiger charge is 1.98. The first kappa shape index (κ1) is 7.51. The molecule has 0 amide bonds. The summed E-state index contributed by atoms with van der Waals surface area (Å²) in [7, 11) is 0. The van der Waals surface area contributed by atoms with Crippen molar-refractivity contribution < 1.29 is 0 Å². The molecule has 9 heavy (non-hydrogen) atoms. The molecule has 0 unspecified atom stereocenters. The second-order valence-corrected chi connectivity index (χ2v) is 3.95. The maximum Gasteiger partial charge on any atom is 0.0312 e. The molecule has 0 fully saturated rings. The van der Waals surface area contributed by atoms with Crippen LogP contribution in [0.25, 0.3) is 0 Å². The van der Waals surface area contributed by atoms with Crippen molar-refractivity contribution in [1.29, 1.82) is 0 Å². The molecule has 0 saturated heterocycles. The molecular weight excluding hydrogens is 168 g/mol. The SMILES string of the molecule is CSc1cscc1SC. The fourth-order valence-electron chi connectivity index (χ4n) is 0.571. The van der Waals surface area contributed by atoms with Gasteiger partial charge in [0.1, 0.15) is 0 Å². The van der Waals surface area contributed by atoms with E-state index in [0.717, 1.165) is 0 Å². The Labute approximate surface area is 68.0 Å². The van der Waals surface area contributed by atoms with Crippen LogP contribution in [-0.2, 0) is 0 Å². The zero-order valence-electron chi connectivity index (χ0n) is 5.38. The summed E-state index contributed by atoms with van der Waals surface area (Å²) in [5.74, 6) is 0. The molecule has 1 aromatic rings. The van der Waals surface area contributed by atoms with E-state index in [9.17, 15) is 0 Å². The maximum absolute atomic E-state index is 2.19. The maximum atomic E-state index is 2.19. The van der Waals surface area contributed by atoms with Crippen molar-refractivity contribution >= 4 is 34.9 Å². The Morgan fingerprint density at radius 1 is 1.11 bits per heavy atom. The van der Waals surface area contributed by atoms with Gasteiger partial charge in [-0.1, -0.05) is 0 Å². The second-order valence-electron chi connectivity index (χ2n) is 1.51. The molecule has 0 spiro atoms. The fourth-order valence-corrected chi connectivity index (χ4v) is 3.41. The van der Waals surface area contributed by atoms with E-state index < -0.39 is 0 Å². The molecule has 0 radical (unpaired) electrons.